The predicted molar refractivity (Wildman–Crippen MR) is 299 cm³/mol. The van der Waals surface area contributed by atoms with Gasteiger partial charge in [-0.1, -0.05) is 186 Å². The third kappa shape index (κ3) is 7.39. The Morgan fingerprint density at radius 2 is 0.897 bits per heavy atom. The zero-order chi connectivity index (χ0) is 47.7. The van der Waals surface area contributed by atoms with Crippen molar-refractivity contribution in [2.75, 3.05) is 9.80 Å². The molecule has 2 nitrogen and oxygen atoms in total. The Balaban J connectivity index is 1.19. The molecule has 0 atom stereocenters. The average Bonchev–Trinajstić information content (AvgIpc) is 3.68. The molecule has 68 heavy (non-hydrogen) atoms. The molecule has 0 saturated heterocycles. The van der Waals surface area contributed by atoms with Gasteiger partial charge in [-0.2, -0.15) is 0 Å². The van der Waals surface area contributed by atoms with Crippen LogP contribution in [0, 0.1) is 0 Å². The molecule has 0 fully saturated rings. The fourth-order valence-electron chi connectivity index (χ4n) is 10.7. The van der Waals surface area contributed by atoms with E-state index in [4.69, 9.17) is 0 Å². The number of hydrogen-bond acceptors (Lipinski definition) is 3. The minimum atomic E-state index is -0.129. The molecule has 11 rings (SSSR count). The summed E-state index contributed by atoms with van der Waals surface area (Å²) in [4.78, 5) is 5.23. The lowest BCUT2D eigenvalue weighted by molar-refractivity contribution is 0.589. The quantitative estimate of drug-likeness (QED) is 0.162. The molecule has 8 aromatic carbocycles. The Morgan fingerprint density at radius 1 is 0.353 bits per heavy atom. The van der Waals surface area contributed by atoms with Gasteiger partial charge >= 0.3 is 0 Å². The van der Waals surface area contributed by atoms with E-state index in [1.54, 1.807) is 0 Å². The van der Waals surface area contributed by atoms with E-state index in [1.807, 2.05) is 11.3 Å². The maximum atomic E-state index is 2.65. The lowest BCUT2D eigenvalue weighted by Crippen LogP contribution is -2.61. The number of anilines is 6. The minimum absolute atomic E-state index is 0.0178. The molecule has 2 aliphatic heterocycles. The van der Waals surface area contributed by atoms with Gasteiger partial charge < -0.3 is 9.80 Å². The third-order valence-electron chi connectivity index (χ3n) is 14.7. The van der Waals surface area contributed by atoms with E-state index in [0.717, 1.165) is 5.69 Å². The van der Waals surface area contributed by atoms with Crippen LogP contribution in [-0.4, -0.2) is 6.71 Å². The molecule has 0 N–H and O–H groups in total. The highest BCUT2D eigenvalue weighted by Gasteiger charge is 2.45. The molecule has 2 aliphatic rings. The predicted octanol–water partition coefficient (Wildman–Crippen LogP) is 16.7. The van der Waals surface area contributed by atoms with Crippen molar-refractivity contribution in [2.45, 2.75) is 105 Å². The highest BCUT2D eigenvalue weighted by molar-refractivity contribution is 7.25. The number of benzene rings is 8. The van der Waals surface area contributed by atoms with Crippen molar-refractivity contribution in [3.8, 4) is 22.3 Å². The molecule has 0 bridgehead atoms. The minimum Gasteiger partial charge on any atom is -0.311 e. The number of hydrogen-bond donors (Lipinski definition) is 0. The average molecular weight is 903 g/mol. The number of fused-ring (bicyclic) bond motifs is 7. The number of rotatable bonds is 4. The highest BCUT2D eigenvalue weighted by Crippen LogP contribution is 2.50. The Labute approximate surface area is 409 Å². The second-order valence-electron chi connectivity index (χ2n) is 23.5. The van der Waals surface area contributed by atoms with Crippen LogP contribution >= 0.6 is 11.3 Å². The summed E-state index contributed by atoms with van der Waals surface area (Å²) < 4.78 is 2.66. The smallest absolute Gasteiger partial charge is 0.252 e. The molecule has 4 heteroatoms. The van der Waals surface area contributed by atoms with Crippen molar-refractivity contribution in [1.82, 2.24) is 0 Å². The van der Waals surface area contributed by atoms with E-state index >= 15 is 0 Å². The van der Waals surface area contributed by atoms with Crippen LogP contribution in [-0.2, 0) is 21.7 Å². The van der Waals surface area contributed by atoms with Gasteiger partial charge in [-0.3, -0.25) is 0 Å². The summed E-state index contributed by atoms with van der Waals surface area (Å²) in [6.07, 6.45) is 0. The molecule has 9 aromatic rings. The van der Waals surface area contributed by atoms with Crippen LogP contribution in [0.4, 0.5) is 34.1 Å². The molecule has 0 unspecified atom stereocenters. The van der Waals surface area contributed by atoms with Crippen molar-refractivity contribution >= 4 is 88.7 Å². The molecular weight excluding hydrogens is 840 g/mol. The first-order valence-electron chi connectivity index (χ1n) is 24.5. The van der Waals surface area contributed by atoms with Gasteiger partial charge in [-0.15, -0.1) is 11.3 Å². The van der Waals surface area contributed by atoms with E-state index in [0.29, 0.717) is 0 Å². The van der Waals surface area contributed by atoms with Crippen molar-refractivity contribution in [3.63, 3.8) is 0 Å². The largest absolute Gasteiger partial charge is 0.311 e. The van der Waals surface area contributed by atoms with Crippen LogP contribution in [0.3, 0.4) is 0 Å². The zero-order valence-electron chi connectivity index (χ0n) is 42.0. The van der Waals surface area contributed by atoms with Gasteiger partial charge in [-0.05, 0) is 138 Å². The maximum Gasteiger partial charge on any atom is 0.252 e. The normalized spacial score (nSPS) is 13.8. The summed E-state index contributed by atoms with van der Waals surface area (Å²) in [6, 6.07) is 63.2. The van der Waals surface area contributed by atoms with Crippen LogP contribution in [0.25, 0.3) is 42.4 Å². The lowest BCUT2D eigenvalue weighted by Gasteiger charge is -2.46. The van der Waals surface area contributed by atoms with Gasteiger partial charge in [0.2, 0.25) is 0 Å². The van der Waals surface area contributed by atoms with Crippen LogP contribution < -0.4 is 26.2 Å². The molecular formula is C64H63BN2S. The fraction of sp³-hybridized carbons (Fsp3) is 0.250. The Bertz CT molecular complexity index is 3440. The van der Waals surface area contributed by atoms with E-state index < -0.39 is 0 Å². The van der Waals surface area contributed by atoms with Crippen molar-refractivity contribution in [2.24, 2.45) is 0 Å². The first kappa shape index (κ1) is 44.2. The van der Waals surface area contributed by atoms with Gasteiger partial charge in [0.25, 0.3) is 6.71 Å². The standard InChI is InChI=1S/C64H63BN2S/c1-61(2,3)43-26-32-53(50(35-43)41-18-14-13-15-19-41)67-55-37-45(63(7,8)9)25-31-51(55)65-52-36-44(62(4,5)6)27-33-54(52)66(56-38-46(64(10,11)12)39-57(67)60(56)65)47-28-22-40(23-29-47)42-24-30-49-48-20-16-17-21-58(48)68-59(49)34-42/h13-39H,1-12H3. The van der Waals surface area contributed by atoms with Gasteiger partial charge in [0.05, 0.1) is 5.69 Å². The summed E-state index contributed by atoms with van der Waals surface area (Å²) in [7, 11) is 0. The SMILES string of the molecule is CC(C)(C)c1ccc2c(c1)B1c3ccc(C(C)(C)C)cc3N(c3ccc(C(C)(C)C)cc3-c3ccccc3)c3cc(C(C)(C)C)cc(c31)N2c1ccc(-c2ccc3c(c2)sc2ccccc23)cc1. The zero-order valence-corrected chi connectivity index (χ0v) is 42.8. The van der Waals surface area contributed by atoms with Crippen LogP contribution in [0.5, 0.6) is 0 Å². The van der Waals surface area contributed by atoms with Crippen molar-refractivity contribution in [1.29, 1.82) is 0 Å². The lowest BCUT2D eigenvalue weighted by atomic mass is 9.33. The first-order valence-corrected chi connectivity index (χ1v) is 25.3. The second kappa shape index (κ2) is 15.6. The van der Waals surface area contributed by atoms with Crippen LogP contribution in [0.1, 0.15) is 105 Å². The Hall–Kier alpha value is -6.36. The summed E-state index contributed by atoms with van der Waals surface area (Å²) >= 11 is 1.88. The van der Waals surface area contributed by atoms with E-state index in [1.165, 1.54) is 110 Å². The van der Waals surface area contributed by atoms with Gasteiger partial charge in [-0.25, -0.2) is 0 Å². The molecule has 1 aromatic heterocycles. The Morgan fingerprint density at radius 3 is 1.57 bits per heavy atom. The van der Waals surface area contributed by atoms with Crippen molar-refractivity contribution in [3.05, 3.63) is 186 Å². The van der Waals surface area contributed by atoms with Crippen molar-refractivity contribution < 1.29 is 0 Å². The Kier molecular flexibility index (Phi) is 10.1. The third-order valence-corrected chi connectivity index (χ3v) is 15.8. The molecule has 0 amide bonds. The summed E-state index contributed by atoms with van der Waals surface area (Å²) in [6.45, 7) is 28.2. The fourth-order valence-corrected chi connectivity index (χ4v) is 11.8. The number of thiophene rings is 1. The van der Waals surface area contributed by atoms with Gasteiger partial charge in [0, 0.05) is 54.2 Å². The molecule has 338 valence electrons. The summed E-state index contributed by atoms with van der Waals surface area (Å²) in [5, 5.41) is 2.66. The topological polar surface area (TPSA) is 6.48 Å². The monoisotopic (exact) mass is 902 g/mol. The summed E-state index contributed by atoms with van der Waals surface area (Å²) in [5.41, 5.74) is 21.4. The van der Waals surface area contributed by atoms with E-state index in [2.05, 4.69) is 257 Å². The maximum absolute atomic E-state index is 2.65. The molecule has 0 aliphatic carbocycles. The highest BCUT2D eigenvalue weighted by atomic mass is 32.1. The van der Waals surface area contributed by atoms with E-state index in [9.17, 15) is 0 Å². The van der Waals surface area contributed by atoms with E-state index in [-0.39, 0.29) is 28.4 Å². The van der Waals surface area contributed by atoms with Crippen LogP contribution in [0.2, 0.25) is 0 Å². The molecule has 0 radical (unpaired) electrons. The molecule has 0 spiro atoms. The van der Waals surface area contributed by atoms with Crippen LogP contribution in [0.15, 0.2) is 164 Å². The number of nitrogens with zero attached hydrogens (tertiary/aromatic N) is 2. The van der Waals surface area contributed by atoms with Gasteiger partial charge in [0.15, 0.2) is 0 Å². The van der Waals surface area contributed by atoms with Gasteiger partial charge in [0.1, 0.15) is 0 Å². The summed E-state index contributed by atoms with van der Waals surface area (Å²) in [5.74, 6) is 0. The molecule has 0 saturated carbocycles. The second-order valence-corrected chi connectivity index (χ2v) is 24.6. The molecule has 3 heterocycles. The first-order chi connectivity index (χ1) is 32.2.